The lowest BCUT2D eigenvalue weighted by molar-refractivity contribution is -0.144. The minimum Gasteiger partial charge on any atom is -0.462 e. The molecule has 2 fully saturated rings. The molecule has 0 aliphatic carbocycles. The average molecular weight is 611 g/mol. The molecule has 10 nitrogen and oxygen atoms in total. The minimum absolute atomic E-state index is 0.158. The van der Waals surface area contributed by atoms with E-state index in [1.54, 1.807) is 62.4 Å². The van der Waals surface area contributed by atoms with E-state index in [1.165, 1.54) is 4.90 Å². The maximum atomic E-state index is 13.8. The second-order valence-electron chi connectivity index (χ2n) is 11.3. The van der Waals surface area contributed by atoms with Crippen LogP contribution in [0.1, 0.15) is 68.3 Å². The summed E-state index contributed by atoms with van der Waals surface area (Å²) in [6.45, 7) is 3.91. The van der Waals surface area contributed by atoms with Gasteiger partial charge in [-0.15, -0.1) is 0 Å². The Morgan fingerprint density at radius 3 is 2.40 bits per heavy atom. The van der Waals surface area contributed by atoms with Crippen molar-refractivity contribution in [2.75, 3.05) is 13.2 Å². The first kappa shape index (κ1) is 32.0. The molecule has 0 unspecified atom stereocenters. The minimum atomic E-state index is -1.33. The highest BCUT2D eigenvalue weighted by atomic mass is 35.5. The number of esters is 1. The number of hydrogen-bond donors (Lipinski definition) is 3. The van der Waals surface area contributed by atoms with Crippen LogP contribution in [-0.2, 0) is 30.3 Å². The summed E-state index contributed by atoms with van der Waals surface area (Å²) in [5.74, 6) is -2.15. The molecule has 43 heavy (non-hydrogen) atoms. The molecule has 2 heterocycles. The van der Waals surface area contributed by atoms with E-state index in [-0.39, 0.29) is 31.8 Å². The van der Waals surface area contributed by atoms with E-state index in [4.69, 9.17) is 16.3 Å². The molecular formula is C32H39ClN4O6. The molecule has 11 heteroatoms. The predicted octanol–water partition coefficient (Wildman–Crippen LogP) is 3.17. The Morgan fingerprint density at radius 1 is 0.977 bits per heavy atom. The van der Waals surface area contributed by atoms with Crippen molar-refractivity contribution in [3.63, 3.8) is 0 Å². The van der Waals surface area contributed by atoms with Crippen molar-refractivity contribution in [3.8, 4) is 0 Å². The van der Waals surface area contributed by atoms with Gasteiger partial charge in [0, 0.05) is 18.0 Å². The molecule has 2 aromatic carbocycles. The summed E-state index contributed by atoms with van der Waals surface area (Å²) >= 11 is 6.03. The molecule has 4 rings (SSSR count). The van der Waals surface area contributed by atoms with E-state index in [2.05, 4.69) is 16.0 Å². The van der Waals surface area contributed by atoms with Gasteiger partial charge >= 0.3 is 5.97 Å². The van der Waals surface area contributed by atoms with Gasteiger partial charge in [0.25, 0.3) is 0 Å². The van der Waals surface area contributed by atoms with Crippen molar-refractivity contribution in [1.29, 1.82) is 0 Å². The first-order valence-corrected chi connectivity index (χ1v) is 15.2. The second-order valence-corrected chi connectivity index (χ2v) is 11.7. The van der Waals surface area contributed by atoms with E-state index < -0.39 is 47.4 Å². The number of unbranched alkanes of at least 4 members (excludes halogenated alkanes) is 1. The van der Waals surface area contributed by atoms with E-state index in [9.17, 15) is 24.0 Å². The third-order valence-electron chi connectivity index (χ3n) is 8.17. The lowest BCUT2D eigenvalue weighted by Gasteiger charge is -2.36. The van der Waals surface area contributed by atoms with Crippen LogP contribution in [0.15, 0.2) is 54.6 Å². The molecule has 0 saturated carbocycles. The fourth-order valence-electron chi connectivity index (χ4n) is 5.35. The lowest BCUT2D eigenvalue weighted by atomic mass is 9.94. The van der Waals surface area contributed by atoms with Crippen LogP contribution in [0.2, 0.25) is 5.02 Å². The Kier molecular flexibility index (Phi) is 10.8. The van der Waals surface area contributed by atoms with Gasteiger partial charge in [-0.2, -0.15) is 0 Å². The standard InChI is InChI=1S/C32H39ClN4O6/c1-3-32(2)31(42)35-25(20-21-14-16-23(33)17-15-21)29(40)37-18-9-13-26(37)28(39)34-24(27(38)36-32)12-7-8-19-43-30(41)22-10-5-4-6-11-22/h4-6,10-11,14-17,24-26H,3,7-9,12-13,18-20H2,1-2H3,(H,34,39)(H,35,42)(H,36,38)/t24-,25-,26+,32-/m0/s1. The third kappa shape index (κ3) is 8.13. The molecule has 0 radical (unpaired) electrons. The quantitative estimate of drug-likeness (QED) is 0.295. The molecule has 2 aromatic rings. The molecule has 4 atom stereocenters. The number of carbonyl (C=O) groups excluding carboxylic acids is 5. The Morgan fingerprint density at radius 2 is 1.70 bits per heavy atom. The largest absolute Gasteiger partial charge is 0.462 e. The van der Waals surface area contributed by atoms with Gasteiger partial charge in [0.15, 0.2) is 0 Å². The summed E-state index contributed by atoms with van der Waals surface area (Å²) < 4.78 is 5.34. The number of amides is 4. The van der Waals surface area contributed by atoms with Gasteiger partial charge in [-0.05, 0) is 75.3 Å². The van der Waals surface area contributed by atoms with E-state index in [0.717, 1.165) is 5.56 Å². The van der Waals surface area contributed by atoms with Crippen LogP contribution in [0, 0.1) is 0 Å². The third-order valence-corrected chi connectivity index (χ3v) is 8.42. The predicted molar refractivity (Wildman–Crippen MR) is 161 cm³/mol. The normalized spacial score (nSPS) is 24.6. The Labute approximate surface area is 256 Å². The zero-order valence-corrected chi connectivity index (χ0v) is 25.3. The zero-order valence-electron chi connectivity index (χ0n) is 24.6. The number of carbonyl (C=O) groups is 5. The molecule has 0 spiro atoms. The number of halogens is 1. The molecule has 3 N–H and O–H groups in total. The SMILES string of the molecule is CC[C@]1(C)NC(=O)[C@H](CCCCOC(=O)c2ccccc2)NC(=O)[C@H]2CCCN2C(=O)[C@H](Cc2ccc(Cl)cc2)NC1=O. The second kappa shape index (κ2) is 14.5. The van der Waals surface area contributed by atoms with Crippen LogP contribution in [-0.4, -0.2) is 71.3 Å². The van der Waals surface area contributed by atoms with Crippen molar-refractivity contribution < 1.29 is 28.7 Å². The molecule has 4 amide bonds. The molecule has 2 aliphatic heterocycles. The maximum Gasteiger partial charge on any atom is 0.338 e. The molecular weight excluding hydrogens is 572 g/mol. The summed E-state index contributed by atoms with van der Waals surface area (Å²) in [7, 11) is 0. The topological polar surface area (TPSA) is 134 Å². The highest BCUT2D eigenvalue weighted by molar-refractivity contribution is 6.30. The van der Waals surface area contributed by atoms with E-state index in [0.29, 0.717) is 42.8 Å². The first-order valence-electron chi connectivity index (χ1n) is 14.8. The van der Waals surface area contributed by atoms with Crippen LogP contribution in [0.25, 0.3) is 0 Å². The van der Waals surface area contributed by atoms with Crippen molar-refractivity contribution >= 4 is 41.2 Å². The number of ether oxygens (including phenoxy) is 1. The summed E-state index contributed by atoms with van der Waals surface area (Å²) in [5.41, 5.74) is -0.0725. The van der Waals surface area contributed by atoms with Gasteiger partial charge in [0.2, 0.25) is 23.6 Å². The number of nitrogens with zero attached hydrogens (tertiary/aromatic N) is 1. The van der Waals surface area contributed by atoms with Crippen molar-refractivity contribution in [3.05, 3.63) is 70.7 Å². The fraction of sp³-hybridized carbons (Fsp3) is 0.469. The van der Waals surface area contributed by atoms with Crippen LogP contribution in [0.4, 0.5) is 0 Å². The monoisotopic (exact) mass is 610 g/mol. The van der Waals surface area contributed by atoms with Gasteiger partial charge in [-0.3, -0.25) is 19.2 Å². The first-order chi connectivity index (χ1) is 20.6. The summed E-state index contributed by atoms with van der Waals surface area (Å²) in [4.78, 5) is 68.2. The summed E-state index contributed by atoms with van der Waals surface area (Å²) in [5, 5.41) is 9.12. The Bertz CT molecular complexity index is 1320. The molecule has 0 aromatic heterocycles. The van der Waals surface area contributed by atoms with Crippen molar-refractivity contribution in [2.45, 2.75) is 82.5 Å². The number of rotatable bonds is 9. The van der Waals surface area contributed by atoms with Gasteiger partial charge in [0.05, 0.1) is 12.2 Å². The Balaban J connectivity index is 1.48. The highest BCUT2D eigenvalue weighted by Gasteiger charge is 2.43. The molecule has 2 saturated heterocycles. The number of hydrogen-bond acceptors (Lipinski definition) is 6. The highest BCUT2D eigenvalue weighted by Crippen LogP contribution is 2.22. The summed E-state index contributed by atoms with van der Waals surface area (Å²) in [6, 6.07) is 13.1. The van der Waals surface area contributed by atoms with Gasteiger partial charge < -0.3 is 25.6 Å². The van der Waals surface area contributed by atoms with Crippen molar-refractivity contribution in [2.24, 2.45) is 0 Å². The molecule has 0 bridgehead atoms. The van der Waals surface area contributed by atoms with Crippen LogP contribution < -0.4 is 16.0 Å². The van der Waals surface area contributed by atoms with Crippen LogP contribution in [0.3, 0.4) is 0 Å². The number of fused-ring (bicyclic) bond motifs is 1. The molecule has 230 valence electrons. The Hall–Kier alpha value is -3.92. The van der Waals surface area contributed by atoms with Crippen LogP contribution >= 0.6 is 11.6 Å². The van der Waals surface area contributed by atoms with E-state index >= 15 is 0 Å². The van der Waals surface area contributed by atoms with Crippen molar-refractivity contribution in [1.82, 2.24) is 20.9 Å². The molecule has 2 aliphatic rings. The number of benzene rings is 2. The zero-order chi connectivity index (χ0) is 31.0. The van der Waals surface area contributed by atoms with Gasteiger partial charge in [-0.25, -0.2) is 4.79 Å². The van der Waals surface area contributed by atoms with Gasteiger partial charge in [-0.1, -0.05) is 48.9 Å². The van der Waals surface area contributed by atoms with Crippen LogP contribution in [0.5, 0.6) is 0 Å². The summed E-state index contributed by atoms with van der Waals surface area (Å²) in [6.07, 6.45) is 2.77. The smallest absolute Gasteiger partial charge is 0.338 e. The fourth-order valence-corrected chi connectivity index (χ4v) is 5.48. The average Bonchev–Trinajstić information content (AvgIpc) is 3.50. The maximum absolute atomic E-state index is 13.8. The lowest BCUT2D eigenvalue weighted by Crippen LogP contribution is -2.65. The van der Waals surface area contributed by atoms with E-state index in [1.807, 2.05) is 6.07 Å². The van der Waals surface area contributed by atoms with Gasteiger partial charge in [0.1, 0.15) is 23.7 Å². The number of nitrogens with one attached hydrogen (secondary N) is 3.